The molecule has 1 aromatic carbocycles. The number of benzene rings is 1. The number of aliphatic hydroxyl groups excluding tert-OH is 1. The maximum absolute atomic E-state index is 13.3. The van der Waals surface area contributed by atoms with Crippen LogP contribution in [0.2, 0.25) is 0 Å². The van der Waals surface area contributed by atoms with E-state index >= 15 is 0 Å². The lowest BCUT2D eigenvalue weighted by Gasteiger charge is -2.26. The van der Waals surface area contributed by atoms with Gasteiger partial charge in [0.05, 0.1) is 30.0 Å². The van der Waals surface area contributed by atoms with E-state index in [1.807, 2.05) is 25.1 Å². The summed E-state index contributed by atoms with van der Waals surface area (Å²) in [5, 5.41) is 11.5. The van der Waals surface area contributed by atoms with Gasteiger partial charge in [-0.15, -0.1) is 0 Å². The smallest absolute Gasteiger partial charge is 0.337 e. The van der Waals surface area contributed by atoms with Crippen LogP contribution in [0, 0.1) is 6.92 Å². The number of likely N-dealkylation sites (tertiary alicyclic amines) is 1. The molecule has 0 saturated carbocycles. The number of hydrogen-bond donors (Lipinski definition) is 1. The third-order valence-electron chi connectivity index (χ3n) is 6.12. The summed E-state index contributed by atoms with van der Waals surface area (Å²) in [7, 11) is 5.17. The number of aliphatic hydroxyl groups is 1. The average Bonchev–Trinajstić information content (AvgIpc) is 3.31. The van der Waals surface area contributed by atoms with Gasteiger partial charge < -0.3 is 19.6 Å². The predicted molar refractivity (Wildman–Crippen MR) is 130 cm³/mol. The van der Waals surface area contributed by atoms with Crippen molar-refractivity contribution in [2.75, 3.05) is 34.3 Å². The van der Waals surface area contributed by atoms with E-state index in [9.17, 15) is 19.5 Å². The number of aryl methyl sites for hydroxylation is 1. The number of imidazole rings is 1. The summed E-state index contributed by atoms with van der Waals surface area (Å²) in [6.07, 6.45) is 2.39. The van der Waals surface area contributed by atoms with Crippen LogP contribution in [0.25, 0.3) is 11.4 Å². The third-order valence-corrected chi connectivity index (χ3v) is 6.12. The molecule has 1 saturated heterocycles. The van der Waals surface area contributed by atoms with Gasteiger partial charge in [0.25, 0.3) is 11.7 Å². The zero-order valence-electron chi connectivity index (χ0n) is 20.2. The number of rotatable bonds is 7. The lowest BCUT2D eigenvalue weighted by atomic mass is 9.95. The largest absolute Gasteiger partial charge is 0.505 e. The first-order valence-electron chi connectivity index (χ1n) is 11.3. The first kappa shape index (κ1) is 24.2. The Morgan fingerprint density at radius 1 is 1.14 bits per heavy atom. The third kappa shape index (κ3) is 4.42. The Hall–Kier alpha value is -3.98. The highest BCUT2D eigenvalue weighted by atomic mass is 16.5. The Morgan fingerprint density at radius 3 is 2.51 bits per heavy atom. The first-order valence-corrected chi connectivity index (χ1v) is 11.3. The zero-order chi connectivity index (χ0) is 25.3. The molecule has 1 atom stereocenters. The minimum atomic E-state index is -0.808. The minimum Gasteiger partial charge on any atom is -0.505 e. The van der Waals surface area contributed by atoms with E-state index < -0.39 is 23.7 Å². The number of pyridine rings is 1. The number of aromatic nitrogens is 2. The molecule has 3 heterocycles. The van der Waals surface area contributed by atoms with E-state index in [-0.39, 0.29) is 11.3 Å². The maximum Gasteiger partial charge on any atom is 0.337 e. The standard InChI is InChI=1S/C26H28N4O5/c1-16-21(29-14-6-5-8-19(29)27-16)23(31)20-22(17-9-11-18(12-10-17)26(34)35-4)30(25(33)24(20)32)15-7-13-28(2)3/h5-6,8-12,14,22,31H,7,13,15H2,1-4H3/t22-/m1/s1. The van der Waals surface area contributed by atoms with Crippen molar-refractivity contribution in [1.29, 1.82) is 0 Å². The fourth-order valence-electron chi connectivity index (χ4n) is 4.46. The monoisotopic (exact) mass is 476 g/mol. The molecule has 35 heavy (non-hydrogen) atoms. The Bertz CT molecular complexity index is 1320. The lowest BCUT2D eigenvalue weighted by Crippen LogP contribution is -2.32. The van der Waals surface area contributed by atoms with Gasteiger partial charge in [-0.3, -0.25) is 14.0 Å². The van der Waals surface area contributed by atoms with Gasteiger partial charge in [-0.25, -0.2) is 9.78 Å². The van der Waals surface area contributed by atoms with Crippen LogP contribution in [-0.4, -0.2) is 76.2 Å². The fraction of sp³-hybridized carbons (Fsp3) is 0.308. The van der Waals surface area contributed by atoms with E-state index in [4.69, 9.17) is 4.74 Å². The number of carbonyl (C=O) groups is 3. The Labute approximate surface area is 203 Å². The Kier molecular flexibility index (Phi) is 6.70. The molecule has 1 amide bonds. The summed E-state index contributed by atoms with van der Waals surface area (Å²) in [6, 6.07) is 11.1. The molecule has 3 aromatic rings. The van der Waals surface area contributed by atoms with Gasteiger partial charge in [0.15, 0.2) is 5.76 Å². The summed E-state index contributed by atoms with van der Waals surface area (Å²) < 4.78 is 6.47. The number of ether oxygens (including phenoxy) is 1. The van der Waals surface area contributed by atoms with Crippen molar-refractivity contribution in [2.45, 2.75) is 19.4 Å². The average molecular weight is 477 g/mol. The molecule has 0 radical (unpaired) electrons. The van der Waals surface area contributed by atoms with Crippen LogP contribution in [0.5, 0.6) is 0 Å². The summed E-state index contributed by atoms with van der Waals surface area (Å²) in [5.74, 6) is -2.19. The van der Waals surface area contributed by atoms with Crippen LogP contribution >= 0.6 is 0 Å². The second kappa shape index (κ2) is 9.71. The molecule has 1 fully saturated rings. The fourth-order valence-corrected chi connectivity index (χ4v) is 4.46. The Balaban J connectivity index is 1.86. The van der Waals surface area contributed by atoms with Gasteiger partial charge in [-0.2, -0.15) is 0 Å². The number of esters is 1. The number of carbonyl (C=O) groups excluding carboxylic acids is 3. The number of methoxy groups -OCH3 is 1. The molecule has 2 aromatic heterocycles. The van der Waals surface area contributed by atoms with Crippen LogP contribution in [-0.2, 0) is 14.3 Å². The second-order valence-electron chi connectivity index (χ2n) is 8.74. The normalized spacial score (nSPS) is 17.5. The van der Waals surface area contributed by atoms with Crippen LogP contribution in [0.1, 0.15) is 39.8 Å². The SMILES string of the molecule is COC(=O)c1ccc([C@@H]2C(=C(O)c3c(C)nc4ccccn34)C(=O)C(=O)N2CCCN(C)C)cc1. The molecular formula is C26H28N4O5. The van der Waals surface area contributed by atoms with E-state index in [0.717, 1.165) is 6.54 Å². The summed E-state index contributed by atoms with van der Waals surface area (Å²) >= 11 is 0. The summed E-state index contributed by atoms with van der Waals surface area (Å²) in [4.78, 5) is 46.3. The zero-order valence-corrected chi connectivity index (χ0v) is 20.2. The number of ketones is 1. The van der Waals surface area contributed by atoms with Gasteiger partial charge in [-0.1, -0.05) is 18.2 Å². The summed E-state index contributed by atoms with van der Waals surface area (Å²) in [6.45, 7) is 2.80. The maximum atomic E-state index is 13.3. The molecule has 9 nitrogen and oxygen atoms in total. The van der Waals surface area contributed by atoms with Crippen molar-refractivity contribution in [3.8, 4) is 0 Å². The van der Waals surface area contributed by atoms with Crippen LogP contribution in [0.3, 0.4) is 0 Å². The molecule has 9 heteroatoms. The van der Waals surface area contributed by atoms with E-state index in [2.05, 4.69) is 4.98 Å². The van der Waals surface area contributed by atoms with Gasteiger partial charge in [0.1, 0.15) is 11.3 Å². The van der Waals surface area contributed by atoms with Crippen molar-refractivity contribution in [3.05, 3.63) is 76.7 Å². The van der Waals surface area contributed by atoms with E-state index in [0.29, 0.717) is 41.1 Å². The molecule has 4 rings (SSSR count). The molecule has 0 bridgehead atoms. The van der Waals surface area contributed by atoms with Gasteiger partial charge >= 0.3 is 5.97 Å². The van der Waals surface area contributed by atoms with Crippen LogP contribution in [0.4, 0.5) is 0 Å². The van der Waals surface area contributed by atoms with Gasteiger partial charge in [0, 0.05) is 12.7 Å². The lowest BCUT2D eigenvalue weighted by molar-refractivity contribution is -0.139. The topological polar surface area (TPSA) is 104 Å². The number of hydrogen-bond acceptors (Lipinski definition) is 7. The molecule has 1 aliphatic rings. The molecule has 1 aliphatic heterocycles. The van der Waals surface area contributed by atoms with E-state index in [1.165, 1.54) is 12.0 Å². The Morgan fingerprint density at radius 2 is 1.86 bits per heavy atom. The first-order chi connectivity index (χ1) is 16.7. The highest BCUT2D eigenvalue weighted by molar-refractivity contribution is 6.46. The molecule has 0 aliphatic carbocycles. The number of amides is 1. The minimum absolute atomic E-state index is 0.000533. The molecule has 182 valence electrons. The number of nitrogens with zero attached hydrogens (tertiary/aromatic N) is 4. The number of Topliss-reactive ketones (excluding diaryl/α,β-unsaturated/α-hetero) is 1. The summed E-state index contributed by atoms with van der Waals surface area (Å²) in [5.41, 5.74) is 2.47. The molecule has 0 spiro atoms. The van der Waals surface area contributed by atoms with Crippen molar-refractivity contribution < 1.29 is 24.2 Å². The van der Waals surface area contributed by atoms with Crippen LogP contribution < -0.4 is 0 Å². The van der Waals surface area contributed by atoms with Crippen molar-refractivity contribution in [3.63, 3.8) is 0 Å². The van der Waals surface area contributed by atoms with Crippen molar-refractivity contribution in [1.82, 2.24) is 19.2 Å². The van der Waals surface area contributed by atoms with Gasteiger partial charge in [0.2, 0.25) is 0 Å². The molecular weight excluding hydrogens is 448 g/mol. The molecule has 1 N–H and O–H groups in total. The second-order valence-corrected chi connectivity index (χ2v) is 8.74. The van der Waals surface area contributed by atoms with Gasteiger partial charge in [-0.05, 0) is 63.8 Å². The van der Waals surface area contributed by atoms with E-state index in [1.54, 1.807) is 53.9 Å². The van der Waals surface area contributed by atoms with Crippen molar-refractivity contribution >= 4 is 29.1 Å². The quantitative estimate of drug-likeness (QED) is 0.242. The highest BCUT2D eigenvalue weighted by Gasteiger charge is 2.46. The number of fused-ring (bicyclic) bond motifs is 1. The van der Waals surface area contributed by atoms with Crippen molar-refractivity contribution in [2.24, 2.45) is 0 Å². The molecule has 0 unspecified atom stereocenters. The van der Waals surface area contributed by atoms with Crippen LogP contribution in [0.15, 0.2) is 54.2 Å². The highest BCUT2D eigenvalue weighted by Crippen LogP contribution is 2.40. The predicted octanol–water partition coefficient (Wildman–Crippen LogP) is 2.80.